The van der Waals surface area contributed by atoms with Gasteiger partial charge in [0.15, 0.2) is 0 Å². The Kier molecular flexibility index (Phi) is 29.2. The maximum absolute atomic E-state index is 6.80. The molecular formula is C104H114N4O10. The van der Waals surface area contributed by atoms with Gasteiger partial charge in [-0.2, -0.15) is 0 Å². The molecule has 14 heteroatoms. The van der Waals surface area contributed by atoms with Gasteiger partial charge in [0, 0.05) is 129 Å². The highest BCUT2D eigenvalue weighted by molar-refractivity contribution is 5.84. The van der Waals surface area contributed by atoms with Crippen molar-refractivity contribution in [3.63, 3.8) is 0 Å². The molecule has 14 rings (SSSR count). The standard InChI is InChI=1S/C104H114N4O10/c1-7-9-11-13-63-113-97-31-20-26-90(68-97)106(88-55-59-96(60-56-88)117-101-35-23-29-93(71-101)107(84-47-39-80(4)40-48-84)91-27-21-33-99(69-91)114-64-14-12-10-8-2)85-49-41-81(42-50-85)82-43-51-86(52-44-82)108(92-28-22-34-100(70-92)116-66-18-16-62-110-74-104(6)77-112-78-104)94-30-24-36-102(72-94)118-95-57-53-87(54-58-95)105(83-45-37-79(3)38-46-83)89-25-19-32-98(67-89)115-65-17-15-61-109-73-103(5)75-111-76-103/h19-60,67-72H,7-18,61-66,73-78H2,1-6H3. The highest BCUT2D eigenvalue weighted by Crippen LogP contribution is 2.45. The summed E-state index contributed by atoms with van der Waals surface area (Å²) in [5, 5.41) is 0. The summed E-state index contributed by atoms with van der Waals surface area (Å²) in [6.07, 6.45) is 12.7. The van der Waals surface area contributed by atoms with Crippen LogP contribution in [0.4, 0.5) is 68.2 Å². The van der Waals surface area contributed by atoms with Gasteiger partial charge >= 0.3 is 0 Å². The molecule has 0 saturated carbocycles. The van der Waals surface area contributed by atoms with Gasteiger partial charge in [-0.1, -0.05) is 162 Å². The van der Waals surface area contributed by atoms with Gasteiger partial charge in [0.25, 0.3) is 0 Å². The van der Waals surface area contributed by atoms with E-state index in [9.17, 15) is 0 Å². The molecule has 0 bridgehead atoms. The Morgan fingerprint density at radius 1 is 0.254 bits per heavy atom. The summed E-state index contributed by atoms with van der Waals surface area (Å²) in [6, 6.07) is 102. The van der Waals surface area contributed by atoms with Crippen molar-refractivity contribution in [1.29, 1.82) is 0 Å². The lowest BCUT2D eigenvalue weighted by Gasteiger charge is -2.37. The van der Waals surface area contributed by atoms with E-state index in [0.29, 0.717) is 63.5 Å². The third kappa shape index (κ3) is 23.0. The molecule has 0 spiro atoms. The molecule has 0 atom stereocenters. The molecule has 2 saturated heterocycles. The van der Waals surface area contributed by atoms with Crippen LogP contribution in [0.25, 0.3) is 11.1 Å². The molecule has 0 amide bonds. The summed E-state index contributed by atoms with van der Waals surface area (Å²) < 4.78 is 62.0. The SMILES string of the molecule is CCCCCCOc1cccc(N(c2ccc(Oc3cccc(N(c4ccc(C)cc4)c4cccc(OCCCCCC)c4)c3)cc2)c2ccc(-c3ccc(N(c4cccc(OCCCCOCC5(C)COC5)c4)c4cccc(Oc5ccc(N(c6ccc(C)cc6)c6cccc(OCCCCOCC7(C)COC7)c6)cc5)c4)cc3)cc2)c1. The van der Waals surface area contributed by atoms with E-state index >= 15 is 0 Å². The third-order valence-corrected chi connectivity index (χ3v) is 21.4. The Morgan fingerprint density at radius 2 is 0.500 bits per heavy atom. The van der Waals surface area contributed by atoms with Crippen LogP contribution in [-0.4, -0.2) is 79.3 Å². The van der Waals surface area contributed by atoms with Gasteiger partial charge < -0.3 is 67.0 Å². The number of aryl methyl sites for hydroxylation is 2. The van der Waals surface area contributed by atoms with Crippen molar-refractivity contribution in [1.82, 2.24) is 0 Å². The molecule has 12 aromatic carbocycles. The van der Waals surface area contributed by atoms with Crippen LogP contribution in [-0.2, 0) is 18.9 Å². The summed E-state index contributed by atoms with van der Waals surface area (Å²) in [4.78, 5) is 9.04. The lowest BCUT2D eigenvalue weighted by molar-refractivity contribution is -0.138. The van der Waals surface area contributed by atoms with E-state index in [1.807, 2.05) is 54.6 Å². The minimum Gasteiger partial charge on any atom is -0.494 e. The predicted molar refractivity (Wildman–Crippen MR) is 481 cm³/mol. The van der Waals surface area contributed by atoms with Crippen LogP contribution in [0.5, 0.6) is 46.0 Å². The van der Waals surface area contributed by atoms with E-state index in [-0.39, 0.29) is 10.8 Å². The number of hydrogen-bond donors (Lipinski definition) is 0. The number of anilines is 12. The maximum Gasteiger partial charge on any atom is 0.129 e. The molecule has 12 aromatic rings. The zero-order valence-electron chi connectivity index (χ0n) is 69.6. The van der Waals surface area contributed by atoms with Crippen molar-refractivity contribution in [2.75, 3.05) is 98.9 Å². The Morgan fingerprint density at radius 3 is 0.780 bits per heavy atom. The zero-order valence-corrected chi connectivity index (χ0v) is 69.6. The van der Waals surface area contributed by atoms with Crippen LogP contribution in [0.15, 0.2) is 291 Å². The second kappa shape index (κ2) is 41.5. The van der Waals surface area contributed by atoms with E-state index in [4.69, 9.17) is 47.4 Å². The van der Waals surface area contributed by atoms with Gasteiger partial charge in [-0.15, -0.1) is 0 Å². The normalized spacial score (nSPS) is 13.2. The van der Waals surface area contributed by atoms with Gasteiger partial charge in [0.1, 0.15) is 46.0 Å². The first kappa shape index (κ1) is 83.0. The quantitative estimate of drug-likeness (QED) is 0.0338. The van der Waals surface area contributed by atoms with Crippen LogP contribution in [0.1, 0.15) is 116 Å². The molecule has 2 fully saturated rings. The summed E-state index contributed by atoms with van der Waals surface area (Å²) >= 11 is 0. The van der Waals surface area contributed by atoms with Gasteiger partial charge in [0.05, 0.1) is 66.1 Å². The Balaban J connectivity index is 0.702. The Labute approximate surface area is 699 Å². The fourth-order valence-corrected chi connectivity index (χ4v) is 14.7. The second-order valence-corrected chi connectivity index (χ2v) is 31.9. The minimum absolute atomic E-state index is 0.125. The van der Waals surface area contributed by atoms with Crippen LogP contribution >= 0.6 is 0 Å². The van der Waals surface area contributed by atoms with E-state index in [1.54, 1.807) is 0 Å². The maximum atomic E-state index is 6.80. The molecule has 0 radical (unpaired) electrons. The number of unbranched alkanes of at least 4 members (excludes halogenated alkanes) is 8. The topological polar surface area (TPSA) is 105 Å². The monoisotopic (exact) mass is 1580 g/mol. The lowest BCUT2D eigenvalue weighted by atomic mass is 9.90. The molecule has 0 N–H and O–H groups in total. The fraction of sp³-hybridized carbons (Fsp3) is 0.308. The third-order valence-electron chi connectivity index (χ3n) is 21.4. The van der Waals surface area contributed by atoms with Crippen molar-refractivity contribution in [3.8, 4) is 57.1 Å². The first-order valence-corrected chi connectivity index (χ1v) is 42.4. The van der Waals surface area contributed by atoms with Crippen molar-refractivity contribution in [2.45, 2.75) is 119 Å². The summed E-state index contributed by atoms with van der Waals surface area (Å²) in [5.74, 6) is 6.11. The smallest absolute Gasteiger partial charge is 0.129 e. The number of benzene rings is 12. The lowest BCUT2D eigenvalue weighted by Crippen LogP contribution is -2.43. The average Bonchev–Trinajstić information content (AvgIpc) is 0.855. The first-order valence-electron chi connectivity index (χ1n) is 42.4. The van der Waals surface area contributed by atoms with Crippen molar-refractivity contribution < 1.29 is 47.4 Å². The van der Waals surface area contributed by atoms with Gasteiger partial charge in [0.2, 0.25) is 0 Å². The molecular weight excluding hydrogens is 1470 g/mol. The van der Waals surface area contributed by atoms with E-state index in [1.165, 1.54) is 36.8 Å². The van der Waals surface area contributed by atoms with Crippen LogP contribution in [0, 0.1) is 24.7 Å². The van der Waals surface area contributed by atoms with E-state index < -0.39 is 0 Å². The number of hydrogen-bond acceptors (Lipinski definition) is 14. The molecule has 2 aliphatic heterocycles. The van der Waals surface area contributed by atoms with Gasteiger partial charge in [-0.3, -0.25) is 0 Å². The molecule has 118 heavy (non-hydrogen) atoms. The fourth-order valence-electron chi connectivity index (χ4n) is 14.7. The van der Waals surface area contributed by atoms with Crippen molar-refractivity contribution >= 4 is 68.2 Å². The highest BCUT2D eigenvalue weighted by Gasteiger charge is 2.34. The summed E-state index contributed by atoms with van der Waals surface area (Å²) in [6.45, 7) is 21.5. The highest BCUT2D eigenvalue weighted by atomic mass is 16.5. The second-order valence-electron chi connectivity index (χ2n) is 31.9. The largest absolute Gasteiger partial charge is 0.494 e. The van der Waals surface area contributed by atoms with E-state index in [2.05, 4.69) is 298 Å². The number of ether oxygens (including phenoxy) is 10. The van der Waals surface area contributed by atoms with Gasteiger partial charge in [-0.05, 0) is 233 Å². The molecule has 2 aliphatic rings. The summed E-state index contributed by atoms with van der Waals surface area (Å²) in [5.41, 5.74) is 16.5. The zero-order chi connectivity index (χ0) is 81.1. The molecule has 0 unspecified atom stereocenters. The molecule has 0 aromatic heterocycles. The first-order chi connectivity index (χ1) is 57.9. The van der Waals surface area contributed by atoms with Crippen LogP contribution in [0.3, 0.4) is 0 Å². The summed E-state index contributed by atoms with van der Waals surface area (Å²) in [7, 11) is 0. The Bertz CT molecular complexity index is 5070. The van der Waals surface area contributed by atoms with Gasteiger partial charge in [-0.25, -0.2) is 0 Å². The van der Waals surface area contributed by atoms with E-state index in [0.717, 1.165) is 193 Å². The molecule has 2 heterocycles. The predicted octanol–water partition coefficient (Wildman–Crippen LogP) is 27.8. The van der Waals surface area contributed by atoms with Crippen LogP contribution < -0.4 is 48.0 Å². The minimum atomic E-state index is 0.125. The van der Waals surface area contributed by atoms with Crippen molar-refractivity contribution in [2.24, 2.45) is 10.8 Å². The Hall–Kier alpha value is -11.5. The number of nitrogens with zero attached hydrogens (tertiary/aromatic N) is 4. The van der Waals surface area contributed by atoms with Crippen molar-refractivity contribution in [3.05, 3.63) is 302 Å². The number of rotatable bonds is 45. The molecule has 0 aliphatic carbocycles. The molecule has 14 nitrogen and oxygen atoms in total. The average molecular weight is 1580 g/mol. The molecule has 610 valence electrons. The van der Waals surface area contributed by atoms with Crippen LogP contribution in [0.2, 0.25) is 0 Å².